The number of hydrogen-bond donors (Lipinski definition) is 0. The molecule has 0 heterocycles. The van der Waals surface area contributed by atoms with E-state index in [0.29, 0.717) is 4.75 Å². The first-order valence-corrected chi connectivity index (χ1v) is 8.52. The average Bonchev–Trinajstić information content (AvgIpc) is 1.61. The van der Waals surface area contributed by atoms with Crippen molar-refractivity contribution in [2.75, 3.05) is 12.0 Å². The summed E-state index contributed by atoms with van der Waals surface area (Å²) in [6, 6.07) is 0. The molecule has 0 aliphatic heterocycles. The Hall–Kier alpha value is 1.08. The molecule has 1 unspecified atom stereocenters. The second-order valence-electron chi connectivity index (χ2n) is 3.79. The molecule has 0 nitrogen and oxygen atoms in total. The lowest BCUT2D eigenvalue weighted by molar-refractivity contribution is 0.791. The monoisotopic (exact) mass is 274 g/mol. The van der Waals surface area contributed by atoms with E-state index in [1.54, 1.807) is 0 Å². The van der Waals surface area contributed by atoms with E-state index < -0.39 is 0 Å². The van der Waals surface area contributed by atoms with Gasteiger partial charge in [-0.2, -0.15) is 7.20 Å². The van der Waals surface area contributed by atoms with Gasteiger partial charge in [0.15, 0.2) is 0 Å². The zero-order valence-electron chi connectivity index (χ0n) is 7.70. The van der Waals surface area contributed by atoms with Crippen molar-refractivity contribution < 1.29 is 0 Å². The zero-order chi connectivity index (χ0) is 8.41. The van der Waals surface area contributed by atoms with Crippen LogP contribution in [0.4, 0.5) is 0 Å². The van der Waals surface area contributed by atoms with Gasteiger partial charge in [-0.25, -0.2) is 0 Å². The normalized spacial score (nSPS) is 21.8. The van der Waals surface area contributed by atoms with E-state index in [4.69, 9.17) is 0 Å². The first-order chi connectivity index (χ1) is 4.31. The predicted octanol–water partition coefficient (Wildman–Crippen LogP) is 3.98. The molecule has 0 fully saturated rings. The summed E-state index contributed by atoms with van der Waals surface area (Å²) < 4.78 is 0.517. The van der Waals surface area contributed by atoms with Crippen LogP contribution in [0.3, 0.4) is 0 Å². The third-order valence-electron chi connectivity index (χ3n) is 1.86. The van der Waals surface area contributed by atoms with Gasteiger partial charge in [-0.05, 0) is 44.4 Å². The maximum absolute atomic E-state index is 2.67. The molecule has 0 spiro atoms. The lowest BCUT2D eigenvalue weighted by Gasteiger charge is -2.42. The van der Waals surface area contributed by atoms with Gasteiger partial charge in [-0.1, -0.05) is 27.7 Å². The SMILES string of the molecule is CCCS(C)(I)C(C)(C)C. The molecule has 0 aliphatic carbocycles. The van der Waals surface area contributed by atoms with E-state index in [-0.39, 0.29) is 7.20 Å². The van der Waals surface area contributed by atoms with E-state index in [2.05, 4.69) is 55.2 Å². The number of rotatable bonds is 2. The van der Waals surface area contributed by atoms with E-state index in [9.17, 15) is 0 Å². The van der Waals surface area contributed by atoms with Crippen LogP contribution in [-0.4, -0.2) is 16.8 Å². The van der Waals surface area contributed by atoms with Crippen molar-refractivity contribution in [3.8, 4) is 0 Å². The van der Waals surface area contributed by atoms with Gasteiger partial charge in [0.05, 0.1) is 0 Å². The van der Waals surface area contributed by atoms with Gasteiger partial charge < -0.3 is 0 Å². The van der Waals surface area contributed by atoms with Crippen LogP contribution in [0.1, 0.15) is 34.1 Å². The Morgan fingerprint density at radius 3 is 1.80 bits per heavy atom. The van der Waals surface area contributed by atoms with Gasteiger partial charge in [0.25, 0.3) is 0 Å². The molecule has 2 heteroatoms. The van der Waals surface area contributed by atoms with Crippen LogP contribution in [0.5, 0.6) is 0 Å². The zero-order valence-corrected chi connectivity index (χ0v) is 10.7. The van der Waals surface area contributed by atoms with Crippen LogP contribution in [0.25, 0.3) is 0 Å². The summed E-state index contributed by atoms with van der Waals surface area (Å²) in [6.45, 7) is 9.33. The standard InChI is InChI=1S/C8H19IS/c1-6-7-10(5,9)8(2,3)4/h6-7H2,1-5H3. The predicted molar refractivity (Wildman–Crippen MR) is 62.4 cm³/mol. The van der Waals surface area contributed by atoms with Crippen molar-refractivity contribution in [2.45, 2.75) is 38.9 Å². The van der Waals surface area contributed by atoms with Crippen molar-refractivity contribution in [3.05, 3.63) is 0 Å². The summed E-state index contributed by atoms with van der Waals surface area (Å²) in [5.41, 5.74) is 0. The fourth-order valence-corrected chi connectivity index (χ4v) is 3.39. The second kappa shape index (κ2) is 3.65. The molecule has 0 saturated heterocycles. The molecule has 0 aliphatic rings. The molecule has 0 aromatic heterocycles. The van der Waals surface area contributed by atoms with Crippen LogP contribution in [0, 0.1) is 0 Å². The molecule has 64 valence electrons. The Kier molecular flexibility index (Phi) is 4.05. The first-order valence-electron chi connectivity index (χ1n) is 3.76. The Bertz CT molecular complexity index is 102. The van der Waals surface area contributed by atoms with Crippen molar-refractivity contribution in [1.82, 2.24) is 0 Å². The Morgan fingerprint density at radius 1 is 1.30 bits per heavy atom. The lowest BCUT2D eigenvalue weighted by atomic mass is 10.3. The number of hydrogen-bond acceptors (Lipinski definition) is 0. The molecule has 0 aromatic carbocycles. The highest BCUT2D eigenvalue weighted by atomic mass is 127. The molecule has 0 bridgehead atoms. The topological polar surface area (TPSA) is 0 Å². The molecule has 0 saturated carbocycles. The summed E-state index contributed by atoms with van der Waals surface area (Å²) in [5, 5.41) is 0. The summed E-state index contributed by atoms with van der Waals surface area (Å²) in [6.07, 6.45) is 3.75. The van der Waals surface area contributed by atoms with Gasteiger partial charge in [0, 0.05) is 0 Å². The van der Waals surface area contributed by atoms with Crippen LogP contribution in [-0.2, 0) is 0 Å². The molecule has 1 atom stereocenters. The van der Waals surface area contributed by atoms with Gasteiger partial charge in [0.1, 0.15) is 0 Å². The average molecular weight is 274 g/mol. The van der Waals surface area contributed by atoms with Crippen LogP contribution >= 0.6 is 28.4 Å². The van der Waals surface area contributed by atoms with E-state index >= 15 is 0 Å². The van der Waals surface area contributed by atoms with Gasteiger partial charge in [-0.15, -0.1) is 0 Å². The minimum absolute atomic E-state index is 0.378. The van der Waals surface area contributed by atoms with Crippen molar-refractivity contribution in [1.29, 1.82) is 0 Å². The Labute approximate surface area is 79.1 Å². The van der Waals surface area contributed by atoms with Crippen molar-refractivity contribution in [2.24, 2.45) is 0 Å². The smallest absolute Gasteiger partial charge is 0.000327 e. The van der Waals surface area contributed by atoms with E-state index in [1.807, 2.05) is 0 Å². The van der Waals surface area contributed by atoms with Crippen LogP contribution in [0.2, 0.25) is 0 Å². The highest BCUT2D eigenvalue weighted by Gasteiger charge is 2.28. The molecule has 0 radical (unpaired) electrons. The van der Waals surface area contributed by atoms with E-state index in [1.165, 1.54) is 12.2 Å². The lowest BCUT2D eigenvalue weighted by Crippen LogP contribution is -2.21. The Morgan fingerprint density at radius 2 is 1.70 bits per heavy atom. The summed E-state index contributed by atoms with van der Waals surface area (Å²) >= 11 is 2.67. The van der Waals surface area contributed by atoms with Gasteiger partial charge in [0.2, 0.25) is 0 Å². The molecular weight excluding hydrogens is 255 g/mol. The van der Waals surface area contributed by atoms with Crippen LogP contribution in [0.15, 0.2) is 0 Å². The minimum atomic E-state index is -0.378. The van der Waals surface area contributed by atoms with Crippen LogP contribution < -0.4 is 0 Å². The molecule has 10 heavy (non-hydrogen) atoms. The summed E-state index contributed by atoms with van der Waals surface area (Å²) in [7, 11) is -0.378. The fraction of sp³-hybridized carbons (Fsp3) is 1.00. The summed E-state index contributed by atoms with van der Waals surface area (Å²) in [5.74, 6) is 1.40. The highest BCUT2D eigenvalue weighted by Crippen LogP contribution is 2.63. The molecule has 0 rings (SSSR count). The first kappa shape index (κ1) is 11.1. The largest absolute Gasteiger partial charge is 0.185 e. The maximum Gasteiger partial charge on any atom is -0.000327 e. The van der Waals surface area contributed by atoms with Crippen molar-refractivity contribution in [3.63, 3.8) is 0 Å². The molecule has 0 amide bonds. The number of halogens is 1. The summed E-state index contributed by atoms with van der Waals surface area (Å²) in [4.78, 5) is 0. The third-order valence-corrected chi connectivity index (χ3v) is 10.9. The molecular formula is C8H19IS. The third kappa shape index (κ3) is 2.99. The molecule has 0 N–H and O–H groups in total. The van der Waals surface area contributed by atoms with Gasteiger partial charge in [-0.3, -0.25) is 0 Å². The maximum atomic E-state index is 2.67. The van der Waals surface area contributed by atoms with Gasteiger partial charge >= 0.3 is 0 Å². The highest BCUT2D eigenvalue weighted by molar-refractivity contribution is 14.2. The van der Waals surface area contributed by atoms with Crippen molar-refractivity contribution >= 4 is 28.4 Å². The van der Waals surface area contributed by atoms with E-state index in [0.717, 1.165) is 0 Å². The minimum Gasteiger partial charge on any atom is -0.185 e. The fourth-order valence-electron chi connectivity index (χ4n) is 0.690. The quantitative estimate of drug-likeness (QED) is 0.668. The molecule has 0 aromatic rings. The Balaban J connectivity index is 4.10. The second-order valence-corrected chi connectivity index (χ2v) is 13.2.